The van der Waals surface area contributed by atoms with Gasteiger partial charge < -0.3 is 10.4 Å². The Morgan fingerprint density at radius 3 is 2.40 bits per heavy atom. The number of aliphatic carboxylic acids is 1. The molecule has 0 spiro atoms. The largest absolute Gasteiger partial charge is 0.481 e. The summed E-state index contributed by atoms with van der Waals surface area (Å²) in [4.78, 5) is 25.3. The zero-order valence-electron chi connectivity index (χ0n) is 14.8. The highest BCUT2D eigenvalue weighted by atomic mass is 16.4. The number of amides is 1. The standard InChI is InChI=1S/C20H24N2O3/c1-14(20(24)25)13-22(3)15(2)17-10-7-11-18(12-17)21-19(23)16-8-5-4-6-9-16/h4-12,14-15H,13H2,1-3H3,(H,21,23)(H,24,25). The van der Waals surface area contributed by atoms with Gasteiger partial charge >= 0.3 is 5.97 Å². The van der Waals surface area contributed by atoms with Crippen molar-refractivity contribution in [3.05, 3.63) is 65.7 Å². The Labute approximate surface area is 148 Å². The van der Waals surface area contributed by atoms with E-state index in [1.807, 2.05) is 61.3 Å². The van der Waals surface area contributed by atoms with Gasteiger partial charge in [0.2, 0.25) is 0 Å². The third kappa shape index (κ3) is 5.16. The fourth-order valence-corrected chi connectivity index (χ4v) is 2.59. The quantitative estimate of drug-likeness (QED) is 0.807. The van der Waals surface area contributed by atoms with Crippen LogP contribution in [0.1, 0.15) is 35.8 Å². The van der Waals surface area contributed by atoms with Crippen LogP contribution in [0.4, 0.5) is 5.69 Å². The molecule has 1 amide bonds. The van der Waals surface area contributed by atoms with Crippen molar-refractivity contribution in [2.45, 2.75) is 19.9 Å². The second kappa shape index (κ2) is 8.44. The molecule has 2 unspecified atom stereocenters. The summed E-state index contributed by atoms with van der Waals surface area (Å²) >= 11 is 0. The van der Waals surface area contributed by atoms with Gasteiger partial charge in [0.25, 0.3) is 5.91 Å². The van der Waals surface area contributed by atoms with Crippen LogP contribution in [0, 0.1) is 5.92 Å². The van der Waals surface area contributed by atoms with Crippen molar-refractivity contribution in [3.8, 4) is 0 Å². The summed E-state index contributed by atoms with van der Waals surface area (Å²) in [6.07, 6.45) is 0. The third-order valence-corrected chi connectivity index (χ3v) is 4.31. The third-order valence-electron chi connectivity index (χ3n) is 4.31. The van der Waals surface area contributed by atoms with E-state index < -0.39 is 11.9 Å². The first-order valence-corrected chi connectivity index (χ1v) is 8.28. The molecule has 2 rings (SSSR count). The number of hydrogen-bond acceptors (Lipinski definition) is 3. The fourth-order valence-electron chi connectivity index (χ4n) is 2.59. The number of anilines is 1. The van der Waals surface area contributed by atoms with Crippen molar-refractivity contribution in [3.63, 3.8) is 0 Å². The van der Waals surface area contributed by atoms with Crippen molar-refractivity contribution in [2.24, 2.45) is 5.92 Å². The highest BCUT2D eigenvalue weighted by molar-refractivity contribution is 6.04. The molecule has 0 saturated carbocycles. The van der Waals surface area contributed by atoms with E-state index in [2.05, 4.69) is 5.32 Å². The maximum absolute atomic E-state index is 12.3. The van der Waals surface area contributed by atoms with Crippen LogP contribution < -0.4 is 5.32 Å². The number of carbonyl (C=O) groups is 2. The number of benzene rings is 2. The van der Waals surface area contributed by atoms with E-state index in [1.54, 1.807) is 19.1 Å². The SMILES string of the molecule is CC(CN(C)C(C)c1cccc(NC(=O)c2ccccc2)c1)C(=O)O. The lowest BCUT2D eigenvalue weighted by atomic mass is 10.0. The van der Waals surface area contributed by atoms with Crippen molar-refractivity contribution in [2.75, 3.05) is 18.9 Å². The van der Waals surface area contributed by atoms with E-state index in [4.69, 9.17) is 5.11 Å². The first-order chi connectivity index (χ1) is 11.9. The Balaban J connectivity index is 2.07. The number of carbonyl (C=O) groups excluding carboxylic acids is 1. The molecule has 2 aromatic rings. The topological polar surface area (TPSA) is 69.6 Å². The molecule has 25 heavy (non-hydrogen) atoms. The van der Waals surface area contributed by atoms with Crippen LogP contribution >= 0.6 is 0 Å². The summed E-state index contributed by atoms with van der Waals surface area (Å²) in [6, 6.07) is 16.7. The molecule has 5 heteroatoms. The van der Waals surface area contributed by atoms with Gasteiger partial charge in [0.1, 0.15) is 0 Å². The van der Waals surface area contributed by atoms with Gasteiger partial charge in [-0.25, -0.2) is 0 Å². The summed E-state index contributed by atoms with van der Waals surface area (Å²) in [5, 5.41) is 12.0. The molecule has 0 aliphatic rings. The zero-order chi connectivity index (χ0) is 18.4. The minimum atomic E-state index is -0.803. The first-order valence-electron chi connectivity index (χ1n) is 8.28. The number of nitrogens with one attached hydrogen (secondary N) is 1. The minimum absolute atomic E-state index is 0.0374. The van der Waals surface area contributed by atoms with Crippen LogP contribution in [0.3, 0.4) is 0 Å². The predicted molar refractivity (Wildman–Crippen MR) is 98.7 cm³/mol. The van der Waals surface area contributed by atoms with E-state index >= 15 is 0 Å². The number of hydrogen-bond donors (Lipinski definition) is 2. The van der Waals surface area contributed by atoms with Crippen LogP contribution in [0.15, 0.2) is 54.6 Å². The van der Waals surface area contributed by atoms with Crippen LogP contribution in [0.2, 0.25) is 0 Å². The van der Waals surface area contributed by atoms with Crippen LogP contribution in [-0.2, 0) is 4.79 Å². The molecule has 0 saturated heterocycles. The highest BCUT2D eigenvalue weighted by Crippen LogP contribution is 2.23. The molecule has 0 radical (unpaired) electrons. The first kappa shape index (κ1) is 18.7. The van der Waals surface area contributed by atoms with Crippen molar-refractivity contribution >= 4 is 17.6 Å². The van der Waals surface area contributed by atoms with Crippen LogP contribution in [-0.4, -0.2) is 35.5 Å². The smallest absolute Gasteiger partial charge is 0.307 e. The molecule has 0 aliphatic heterocycles. The molecule has 2 atom stereocenters. The maximum atomic E-state index is 12.3. The monoisotopic (exact) mass is 340 g/mol. The average Bonchev–Trinajstić information content (AvgIpc) is 2.61. The number of carboxylic acid groups (broad SMARTS) is 1. The highest BCUT2D eigenvalue weighted by Gasteiger charge is 2.18. The Morgan fingerprint density at radius 2 is 1.76 bits per heavy atom. The number of rotatable bonds is 7. The summed E-state index contributed by atoms with van der Waals surface area (Å²) < 4.78 is 0. The van der Waals surface area contributed by atoms with Crippen LogP contribution in [0.25, 0.3) is 0 Å². The Hall–Kier alpha value is -2.66. The summed E-state index contributed by atoms with van der Waals surface area (Å²) in [6.45, 7) is 4.17. The molecule has 0 bridgehead atoms. The molecule has 0 aromatic heterocycles. The number of carboxylic acids is 1. The predicted octanol–water partition coefficient (Wildman–Crippen LogP) is 3.65. The Kier molecular flexibility index (Phi) is 6.31. The van der Waals surface area contributed by atoms with Crippen LogP contribution in [0.5, 0.6) is 0 Å². The molecule has 2 N–H and O–H groups in total. The van der Waals surface area contributed by atoms with Gasteiger partial charge in [0.05, 0.1) is 5.92 Å². The van der Waals surface area contributed by atoms with Gasteiger partial charge in [-0.1, -0.05) is 37.3 Å². The molecule has 5 nitrogen and oxygen atoms in total. The molecule has 0 aliphatic carbocycles. The van der Waals surface area contributed by atoms with E-state index in [0.717, 1.165) is 11.3 Å². The van der Waals surface area contributed by atoms with E-state index in [-0.39, 0.29) is 11.9 Å². The van der Waals surface area contributed by atoms with Gasteiger partial charge in [0.15, 0.2) is 0 Å². The van der Waals surface area contributed by atoms with E-state index in [9.17, 15) is 9.59 Å². The van der Waals surface area contributed by atoms with Crippen molar-refractivity contribution < 1.29 is 14.7 Å². The van der Waals surface area contributed by atoms with E-state index in [1.165, 1.54) is 0 Å². The van der Waals surface area contributed by atoms with Gasteiger partial charge in [-0.05, 0) is 43.8 Å². The second-order valence-electron chi connectivity index (χ2n) is 6.30. The van der Waals surface area contributed by atoms with Gasteiger partial charge in [-0.2, -0.15) is 0 Å². The molecular formula is C20H24N2O3. The average molecular weight is 340 g/mol. The maximum Gasteiger partial charge on any atom is 0.307 e. The molecule has 132 valence electrons. The fraction of sp³-hybridized carbons (Fsp3) is 0.300. The van der Waals surface area contributed by atoms with Gasteiger partial charge in [0, 0.05) is 23.8 Å². The molecule has 0 heterocycles. The van der Waals surface area contributed by atoms with Crippen molar-refractivity contribution in [1.82, 2.24) is 4.90 Å². The van der Waals surface area contributed by atoms with Crippen molar-refractivity contribution in [1.29, 1.82) is 0 Å². The molecular weight excluding hydrogens is 316 g/mol. The van der Waals surface area contributed by atoms with E-state index in [0.29, 0.717) is 12.1 Å². The zero-order valence-corrected chi connectivity index (χ0v) is 14.8. The molecule has 0 fully saturated rings. The normalized spacial score (nSPS) is 13.3. The number of nitrogens with zero attached hydrogens (tertiary/aromatic N) is 1. The summed E-state index contributed by atoms with van der Waals surface area (Å²) in [5.74, 6) is -1.39. The Bertz CT molecular complexity index is 731. The summed E-state index contributed by atoms with van der Waals surface area (Å²) in [7, 11) is 1.90. The Morgan fingerprint density at radius 1 is 1.08 bits per heavy atom. The lowest BCUT2D eigenvalue weighted by Crippen LogP contribution is -2.30. The van der Waals surface area contributed by atoms with Gasteiger partial charge in [-0.15, -0.1) is 0 Å². The summed E-state index contributed by atoms with van der Waals surface area (Å²) in [5.41, 5.74) is 2.34. The van der Waals surface area contributed by atoms with Gasteiger partial charge in [-0.3, -0.25) is 14.5 Å². The lowest BCUT2D eigenvalue weighted by Gasteiger charge is -2.27. The lowest BCUT2D eigenvalue weighted by molar-refractivity contribution is -0.141. The molecule has 2 aromatic carbocycles. The second-order valence-corrected chi connectivity index (χ2v) is 6.30. The minimum Gasteiger partial charge on any atom is -0.481 e.